The Morgan fingerprint density at radius 3 is 2.04 bits per heavy atom. The van der Waals surface area contributed by atoms with Gasteiger partial charge in [-0.3, -0.25) is 4.79 Å². The Hall–Kier alpha value is -2.32. The van der Waals surface area contributed by atoms with Crippen molar-refractivity contribution in [1.29, 1.82) is 0 Å². The normalized spacial score (nSPS) is 17.2. The van der Waals surface area contributed by atoms with Crippen LogP contribution in [0.3, 0.4) is 0 Å². The van der Waals surface area contributed by atoms with Crippen LogP contribution in [0.2, 0.25) is 0 Å². The summed E-state index contributed by atoms with van der Waals surface area (Å²) in [7, 11) is -3.70. The van der Waals surface area contributed by atoms with Crippen molar-refractivity contribution in [3.63, 3.8) is 0 Å². The highest BCUT2D eigenvalue weighted by atomic mass is 32.2. The molecular formula is C20H22F2N2O3S. The molecule has 1 atom stereocenters. The van der Waals surface area contributed by atoms with Crippen LogP contribution in [-0.4, -0.2) is 31.7 Å². The van der Waals surface area contributed by atoms with E-state index in [1.807, 2.05) is 6.92 Å². The molecule has 28 heavy (non-hydrogen) atoms. The minimum Gasteiger partial charge on any atom is -0.349 e. The number of rotatable bonds is 5. The zero-order valence-electron chi connectivity index (χ0n) is 15.4. The average molecular weight is 408 g/mol. The van der Waals surface area contributed by atoms with Crippen molar-refractivity contribution in [2.75, 3.05) is 13.1 Å². The highest BCUT2D eigenvalue weighted by Gasteiger charge is 2.32. The lowest BCUT2D eigenvalue weighted by molar-refractivity contribution is -0.126. The number of hydrogen-bond donors (Lipinski definition) is 1. The van der Waals surface area contributed by atoms with Gasteiger partial charge >= 0.3 is 0 Å². The van der Waals surface area contributed by atoms with Crippen molar-refractivity contribution in [2.45, 2.75) is 30.7 Å². The molecule has 2 aromatic carbocycles. The Bertz CT molecular complexity index is 923. The molecule has 1 aliphatic rings. The van der Waals surface area contributed by atoms with E-state index in [1.54, 1.807) is 12.1 Å². The van der Waals surface area contributed by atoms with Crippen LogP contribution in [0.5, 0.6) is 0 Å². The average Bonchev–Trinajstić information content (AvgIpc) is 2.69. The zero-order valence-corrected chi connectivity index (χ0v) is 16.3. The van der Waals surface area contributed by atoms with Crippen LogP contribution in [0.4, 0.5) is 8.78 Å². The van der Waals surface area contributed by atoms with Crippen LogP contribution in [0.1, 0.15) is 31.4 Å². The molecule has 1 aliphatic heterocycles. The molecule has 1 N–H and O–H groups in total. The maximum Gasteiger partial charge on any atom is 0.243 e. The van der Waals surface area contributed by atoms with Crippen molar-refractivity contribution >= 4 is 15.9 Å². The van der Waals surface area contributed by atoms with Gasteiger partial charge in [0.2, 0.25) is 15.9 Å². The fourth-order valence-corrected chi connectivity index (χ4v) is 4.75. The Morgan fingerprint density at radius 1 is 1.00 bits per heavy atom. The number of benzene rings is 2. The first-order valence-electron chi connectivity index (χ1n) is 9.09. The van der Waals surface area contributed by atoms with E-state index in [-0.39, 0.29) is 41.7 Å². The topological polar surface area (TPSA) is 66.5 Å². The molecule has 1 saturated heterocycles. The molecule has 0 spiro atoms. The first kappa shape index (κ1) is 20.4. The maximum atomic E-state index is 13.0. The molecule has 0 aliphatic carbocycles. The minimum atomic E-state index is -3.70. The van der Waals surface area contributed by atoms with Crippen molar-refractivity contribution < 1.29 is 22.0 Å². The van der Waals surface area contributed by atoms with E-state index in [0.29, 0.717) is 12.8 Å². The third-order valence-corrected chi connectivity index (χ3v) is 6.92. The van der Waals surface area contributed by atoms with Crippen LogP contribution in [0.25, 0.3) is 0 Å². The van der Waals surface area contributed by atoms with E-state index in [0.717, 1.165) is 17.7 Å². The number of piperidine rings is 1. The SMILES string of the molecule is C[C@H](NC(=O)C1CCN(S(=O)(=O)c2ccc(F)cc2)CC1)c1ccc(F)cc1. The summed E-state index contributed by atoms with van der Waals surface area (Å²) < 4.78 is 52.7. The van der Waals surface area contributed by atoms with Crippen LogP contribution in [0, 0.1) is 17.6 Å². The molecule has 2 aromatic rings. The number of nitrogens with zero attached hydrogens (tertiary/aromatic N) is 1. The largest absolute Gasteiger partial charge is 0.349 e. The van der Waals surface area contributed by atoms with Gasteiger partial charge in [0.15, 0.2) is 0 Å². The van der Waals surface area contributed by atoms with Gasteiger partial charge in [0.05, 0.1) is 10.9 Å². The molecule has 0 saturated carbocycles. The summed E-state index contributed by atoms with van der Waals surface area (Å²) in [5.74, 6) is -1.26. The summed E-state index contributed by atoms with van der Waals surface area (Å²) >= 11 is 0. The molecule has 3 rings (SSSR count). The van der Waals surface area contributed by atoms with Crippen molar-refractivity contribution in [1.82, 2.24) is 9.62 Å². The molecule has 1 fully saturated rings. The van der Waals surface area contributed by atoms with Gasteiger partial charge in [-0.15, -0.1) is 0 Å². The lowest BCUT2D eigenvalue weighted by Crippen LogP contribution is -2.43. The second kappa shape index (κ2) is 8.36. The molecule has 0 unspecified atom stereocenters. The van der Waals surface area contributed by atoms with Crippen LogP contribution in [-0.2, 0) is 14.8 Å². The van der Waals surface area contributed by atoms with Gasteiger partial charge < -0.3 is 5.32 Å². The maximum absolute atomic E-state index is 13.0. The summed E-state index contributed by atoms with van der Waals surface area (Å²) in [5.41, 5.74) is 0.797. The predicted molar refractivity (Wildman–Crippen MR) is 101 cm³/mol. The monoisotopic (exact) mass is 408 g/mol. The molecule has 0 aromatic heterocycles. The Morgan fingerprint density at radius 2 is 1.50 bits per heavy atom. The standard InChI is InChI=1S/C20H22F2N2O3S/c1-14(15-2-4-17(21)5-3-15)23-20(25)16-10-12-24(13-11-16)28(26,27)19-8-6-18(22)7-9-19/h2-9,14,16H,10-13H2,1H3,(H,23,25)/t14-/m0/s1. The number of carbonyl (C=O) groups excluding carboxylic acids is 1. The van der Waals surface area contributed by atoms with Gasteiger partial charge in [-0.1, -0.05) is 12.1 Å². The number of nitrogens with one attached hydrogen (secondary N) is 1. The van der Waals surface area contributed by atoms with Crippen molar-refractivity contribution in [3.05, 3.63) is 65.7 Å². The quantitative estimate of drug-likeness (QED) is 0.826. The second-order valence-electron chi connectivity index (χ2n) is 6.91. The molecular weight excluding hydrogens is 386 g/mol. The lowest BCUT2D eigenvalue weighted by atomic mass is 9.96. The summed E-state index contributed by atoms with van der Waals surface area (Å²) in [6.45, 7) is 2.27. The van der Waals surface area contributed by atoms with E-state index < -0.39 is 15.8 Å². The van der Waals surface area contributed by atoms with Crippen LogP contribution in [0.15, 0.2) is 53.4 Å². The second-order valence-corrected chi connectivity index (χ2v) is 8.85. The van der Waals surface area contributed by atoms with Gasteiger partial charge in [0.1, 0.15) is 11.6 Å². The summed E-state index contributed by atoms with van der Waals surface area (Å²) in [4.78, 5) is 12.6. The van der Waals surface area contributed by atoms with E-state index >= 15 is 0 Å². The van der Waals surface area contributed by atoms with Gasteiger partial charge in [-0.25, -0.2) is 17.2 Å². The number of hydrogen-bond acceptors (Lipinski definition) is 3. The molecule has 8 heteroatoms. The van der Waals surface area contributed by atoms with Crippen LogP contribution >= 0.6 is 0 Å². The molecule has 1 heterocycles. The van der Waals surface area contributed by atoms with Crippen molar-refractivity contribution in [2.24, 2.45) is 5.92 Å². The first-order chi connectivity index (χ1) is 13.3. The van der Waals surface area contributed by atoms with E-state index in [9.17, 15) is 22.0 Å². The molecule has 1 amide bonds. The highest BCUT2D eigenvalue weighted by Crippen LogP contribution is 2.25. The fraction of sp³-hybridized carbons (Fsp3) is 0.350. The zero-order chi connectivity index (χ0) is 20.3. The van der Waals surface area contributed by atoms with Gasteiger partial charge in [-0.2, -0.15) is 4.31 Å². The van der Waals surface area contributed by atoms with E-state index in [4.69, 9.17) is 0 Å². The summed E-state index contributed by atoms with van der Waals surface area (Å²) in [6.07, 6.45) is 0.810. The van der Waals surface area contributed by atoms with Gasteiger partial charge in [-0.05, 0) is 61.7 Å². The fourth-order valence-electron chi connectivity index (χ4n) is 3.28. The molecule has 150 valence electrons. The molecule has 0 bridgehead atoms. The van der Waals surface area contributed by atoms with Gasteiger partial charge in [0, 0.05) is 19.0 Å². The van der Waals surface area contributed by atoms with E-state index in [2.05, 4.69) is 5.32 Å². The third kappa shape index (κ3) is 4.56. The summed E-state index contributed by atoms with van der Waals surface area (Å²) in [6, 6.07) is 10.4. The lowest BCUT2D eigenvalue weighted by Gasteiger charge is -2.31. The summed E-state index contributed by atoms with van der Waals surface area (Å²) in [5, 5.41) is 2.91. The molecule has 0 radical (unpaired) electrons. The number of halogens is 2. The third-order valence-electron chi connectivity index (χ3n) is 5.00. The number of sulfonamides is 1. The van der Waals surface area contributed by atoms with Crippen LogP contribution < -0.4 is 5.32 Å². The molecule has 5 nitrogen and oxygen atoms in total. The minimum absolute atomic E-state index is 0.0433. The predicted octanol–water partition coefficient (Wildman–Crippen LogP) is 3.24. The smallest absolute Gasteiger partial charge is 0.243 e. The number of amides is 1. The number of carbonyl (C=O) groups is 1. The van der Waals surface area contributed by atoms with Crippen molar-refractivity contribution in [3.8, 4) is 0 Å². The highest BCUT2D eigenvalue weighted by molar-refractivity contribution is 7.89. The first-order valence-corrected chi connectivity index (χ1v) is 10.5. The van der Waals surface area contributed by atoms with Gasteiger partial charge in [0.25, 0.3) is 0 Å². The Balaban J connectivity index is 1.57. The Labute approximate surface area is 163 Å². The Kier molecular flexibility index (Phi) is 6.10. The van der Waals surface area contributed by atoms with E-state index in [1.165, 1.54) is 28.6 Å².